The van der Waals surface area contributed by atoms with Gasteiger partial charge in [-0.15, -0.1) is 0 Å². The molecule has 0 saturated carbocycles. The van der Waals surface area contributed by atoms with E-state index in [4.69, 9.17) is 31.5 Å². The van der Waals surface area contributed by atoms with Crippen LogP contribution >= 0.6 is 11.6 Å². The molecule has 0 saturated heterocycles. The van der Waals surface area contributed by atoms with Crippen molar-refractivity contribution in [2.45, 2.75) is 13.0 Å². The van der Waals surface area contributed by atoms with Crippen LogP contribution in [0.25, 0.3) is 10.9 Å². The summed E-state index contributed by atoms with van der Waals surface area (Å²) in [4.78, 5) is 4.67. The number of nitrogens with two attached hydrogens (primary N) is 1. The van der Waals surface area contributed by atoms with E-state index < -0.39 is 0 Å². The summed E-state index contributed by atoms with van der Waals surface area (Å²) in [6.45, 7) is 1.11. The first-order chi connectivity index (χ1) is 9.67. The maximum Gasteiger partial charge on any atom is 0.149 e. The highest BCUT2D eigenvalue weighted by atomic mass is 35.5. The molecule has 1 aliphatic rings. The van der Waals surface area contributed by atoms with Gasteiger partial charge in [-0.25, -0.2) is 4.98 Å². The Labute approximate surface area is 121 Å². The van der Waals surface area contributed by atoms with Crippen molar-refractivity contribution in [2.24, 2.45) is 0 Å². The van der Waals surface area contributed by atoms with E-state index in [2.05, 4.69) is 4.98 Å². The van der Waals surface area contributed by atoms with Gasteiger partial charge in [0.2, 0.25) is 0 Å². The minimum atomic E-state index is 0.446. The van der Waals surface area contributed by atoms with E-state index in [0.717, 1.165) is 17.7 Å². The number of benzene rings is 1. The Hall–Kier alpha value is -1.72. The molecular formula is C14H15ClN2O3. The van der Waals surface area contributed by atoms with Gasteiger partial charge in [0, 0.05) is 18.1 Å². The summed E-state index contributed by atoms with van der Waals surface area (Å²) in [7, 11) is 3.14. The van der Waals surface area contributed by atoms with E-state index in [9.17, 15) is 0 Å². The smallest absolute Gasteiger partial charge is 0.149 e. The number of rotatable bonds is 2. The quantitative estimate of drug-likeness (QED) is 0.922. The van der Waals surface area contributed by atoms with Gasteiger partial charge in [-0.05, 0) is 0 Å². The number of pyridine rings is 1. The highest BCUT2D eigenvalue weighted by Crippen LogP contribution is 2.43. The Balaban J connectivity index is 2.44. The van der Waals surface area contributed by atoms with Crippen LogP contribution in [0, 0.1) is 0 Å². The largest absolute Gasteiger partial charge is 0.494 e. The fourth-order valence-corrected chi connectivity index (χ4v) is 2.81. The first-order valence-electron chi connectivity index (χ1n) is 6.26. The van der Waals surface area contributed by atoms with Crippen LogP contribution in [-0.4, -0.2) is 25.8 Å². The standard InChI is InChI=1S/C14H15ClN2O3/c1-18-10-5-8(15)14(19-2)11-12(16)7-6-20-4-3-9(7)17-13(10)11/h5H,3-4,6H2,1-2H3,(H2,16,17). The molecule has 0 aliphatic carbocycles. The Morgan fingerprint density at radius 1 is 1.35 bits per heavy atom. The predicted octanol–water partition coefficient (Wildman–Crippen LogP) is 2.56. The molecule has 0 spiro atoms. The second-order valence-electron chi connectivity index (χ2n) is 4.57. The van der Waals surface area contributed by atoms with Crippen molar-refractivity contribution < 1.29 is 14.2 Å². The number of fused-ring (bicyclic) bond motifs is 2. The normalized spacial score (nSPS) is 14.2. The van der Waals surface area contributed by atoms with Gasteiger partial charge in [0.15, 0.2) is 0 Å². The SMILES string of the molecule is COc1cc(Cl)c(OC)c2c(N)c3c(nc12)CCOC3. The Bertz CT molecular complexity index is 688. The number of hydrogen-bond donors (Lipinski definition) is 1. The monoisotopic (exact) mass is 294 g/mol. The summed E-state index contributed by atoms with van der Waals surface area (Å²) >= 11 is 6.22. The third-order valence-electron chi connectivity index (χ3n) is 3.52. The number of ether oxygens (including phenoxy) is 3. The van der Waals surface area contributed by atoms with Crippen molar-refractivity contribution >= 4 is 28.2 Å². The van der Waals surface area contributed by atoms with Gasteiger partial charge in [0.05, 0.1) is 49.2 Å². The van der Waals surface area contributed by atoms with E-state index in [1.165, 1.54) is 0 Å². The molecule has 1 aliphatic heterocycles. The molecule has 0 bridgehead atoms. The highest BCUT2D eigenvalue weighted by Gasteiger charge is 2.23. The maximum absolute atomic E-state index is 6.29. The van der Waals surface area contributed by atoms with E-state index in [1.807, 2.05) is 0 Å². The lowest BCUT2D eigenvalue weighted by Crippen LogP contribution is -2.15. The molecule has 1 aromatic heterocycles. The zero-order valence-electron chi connectivity index (χ0n) is 11.3. The fraction of sp³-hybridized carbons (Fsp3) is 0.357. The van der Waals surface area contributed by atoms with Gasteiger partial charge in [-0.2, -0.15) is 0 Å². The molecule has 0 radical (unpaired) electrons. The molecule has 0 amide bonds. The van der Waals surface area contributed by atoms with Crippen molar-refractivity contribution in [2.75, 3.05) is 26.6 Å². The number of aromatic nitrogens is 1. The van der Waals surface area contributed by atoms with Crippen LogP contribution in [0.3, 0.4) is 0 Å². The summed E-state index contributed by atoms with van der Waals surface area (Å²) in [5.41, 5.74) is 9.42. The zero-order chi connectivity index (χ0) is 14.3. The van der Waals surface area contributed by atoms with Gasteiger partial charge >= 0.3 is 0 Å². The molecule has 6 heteroatoms. The number of hydrogen-bond acceptors (Lipinski definition) is 5. The summed E-state index contributed by atoms with van der Waals surface area (Å²) in [6.07, 6.45) is 0.740. The molecule has 106 valence electrons. The molecule has 20 heavy (non-hydrogen) atoms. The molecule has 2 heterocycles. The Morgan fingerprint density at radius 3 is 2.85 bits per heavy atom. The molecule has 1 aromatic carbocycles. The van der Waals surface area contributed by atoms with Crippen LogP contribution in [0.1, 0.15) is 11.3 Å². The minimum absolute atomic E-state index is 0.446. The third-order valence-corrected chi connectivity index (χ3v) is 3.80. The van der Waals surface area contributed by atoms with Crippen LogP contribution in [0.5, 0.6) is 11.5 Å². The molecule has 0 fully saturated rings. The number of methoxy groups -OCH3 is 2. The first kappa shape index (κ1) is 13.3. The summed E-state index contributed by atoms with van der Waals surface area (Å²) < 4.78 is 16.2. The zero-order valence-corrected chi connectivity index (χ0v) is 12.1. The van der Waals surface area contributed by atoms with E-state index >= 15 is 0 Å². The summed E-state index contributed by atoms with van der Waals surface area (Å²) in [5, 5.41) is 1.13. The van der Waals surface area contributed by atoms with Gasteiger partial charge in [0.25, 0.3) is 0 Å². The highest BCUT2D eigenvalue weighted by molar-refractivity contribution is 6.34. The lowest BCUT2D eigenvalue weighted by Gasteiger charge is -2.21. The average molecular weight is 295 g/mol. The molecular weight excluding hydrogens is 280 g/mol. The number of nitrogen functional groups attached to an aromatic ring is 1. The van der Waals surface area contributed by atoms with Gasteiger partial charge < -0.3 is 19.9 Å². The van der Waals surface area contributed by atoms with Crippen molar-refractivity contribution in [3.63, 3.8) is 0 Å². The fourth-order valence-electron chi connectivity index (χ4n) is 2.53. The lowest BCUT2D eigenvalue weighted by atomic mass is 10.0. The number of halogens is 1. The molecule has 5 nitrogen and oxygen atoms in total. The predicted molar refractivity (Wildman–Crippen MR) is 77.6 cm³/mol. The van der Waals surface area contributed by atoms with Crippen molar-refractivity contribution in [3.05, 3.63) is 22.3 Å². The third kappa shape index (κ3) is 1.85. The minimum Gasteiger partial charge on any atom is -0.494 e. The molecule has 2 N–H and O–H groups in total. The molecule has 0 atom stereocenters. The average Bonchev–Trinajstić information content (AvgIpc) is 2.47. The Kier molecular flexibility index (Phi) is 3.31. The van der Waals surface area contributed by atoms with Gasteiger partial charge in [-0.1, -0.05) is 11.6 Å². The van der Waals surface area contributed by atoms with Crippen molar-refractivity contribution in [1.82, 2.24) is 4.98 Å². The van der Waals surface area contributed by atoms with E-state index in [0.29, 0.717) is 46.3 Å². The topological polar surface area (TPSA) is 66.6 Å². The van der Waals surface area contributed by atoms with Gasteiger partial charge in [0.1, 0.15) is 17.0 Å². The van der Waals surface area contributed by atoms with Crippen LogP contribution in [0.4, 0.5) is 5.69 Å². The van der Waals surface area contributed by atoms with E-state index in [1.54, 1.807) is 20.3 Å². The lowest BCUT2D eigenvalue weighted by molar-refractivity contribution is 0.110. The van der Waals surface area contributed by atoms with E-state index in [-0.39, 0.29) is 0 Å². The van der Waals surface area contributed by atoms with Crippen LogP contribution in [-0.2, 0) is 17.8 Å². The molecule has 2 aromatic rings. The van der Waals surface area contributed by atoms with Crippen LogP contribution < -0.4 is 15.2 Å². The maximum atomic E-state index is 6.29. The first-order valence-corrected chi connectivity index (χ1v) is 6.64. The van der Waals surface area contributed by atoms with Crippen LogP contribution in [0.2, 0.25) is 5.02 Å². The molecule has 3 rings (SSSR count). The Morgan fingerprint density at radius 2 is 2.15 bits per heavy atom. The number of nitrogens with zero attached hydrogens (tertiary/aromatic N) is 1. The van der Waals surface area contributed by atoms with Crippen molar-refractivity contribution in [3.8, 4) is 11.5 Å². The molecule has 0 unspecified atom stereocenters. The van der Waals surface area contributed by atoms with Gasteiger partial charge in [-0.3, -0.25) is 0 Å². The second-order valence-corrected chi connectivity index (χ2v) is 4.98. The van der Waals surface area contributed by atoms with Crippen LogP contribution in [0.15, 0.2) is 6.07 Å². The summed E-state index contributed by atoms with van der Waals surface area (Å²) in [6, 6.07) is 1.70. The summed E-state index contributed by atoms with van der Waals surface area (Å²) in [5.74, 6) is 1.10. The number of anilines is 1. The second kappa shape index (κ2) is 5.00. The van der Waals surface area contributed by atoms with Crippen molar-refractivity contribution in [1.29, 1.82) is 0 Å².